The summed E-state index contributed by atoms with van der Waals surface area (Å²) in [6.07, 6.45) is 1.11. The topological polar surface area (TPSA) is 54.3 Å². The van der Waals surface area contributed by atoms with Crippen LogP contribution in [0.4, 0.5) is 0 Å². The predicted molar refractivity (Wildman–Crippen MR) is 79.5 cm³/mol. The van der Waals surface area contributed by atoms with E-state index in [1.807, 2.05) is 30.3 Å². The Morgan fingerprint density at radius 1 is 1.30 bits per heavy atom. The van der Waals surface area contributed by atoms with Crippen LogP contribution in [0.5, 0.6) is 5.75 Å². The minimum Gasteiger partial charge on any atom is -0.479 e. The van der Waals surface area contributed by atoms with Crippen LogP contribution in [0.15, 0.2) is 24.3 Å². The van der Waals surface area contributed by atoms with Crippen molar-refractivity contribution >= 4 is 0 Å². The van der Waals surface area contributed by atoms with E-state index in [0.717, 1.165) is 44.0 Å². The van der Waals surface area contributed by atoms with Crippen LogP contribution in [-0.4, -0.2) is 26.4 Å². The van der Waals surface area contributed by atoms with E-state index >= 15 is 0 Å². The van der Waals surface area contributed by atoms with Gasteiger partial charge in [-0.3, -0.25) is 0 Å². The van der Waals surface area contributed by atoms with Crippen molar-refractivity contribution in [3.8, 4) is 11.8 Å². The van der Waals surface area contributed by atoms with Gasteiger partial charge in [0.15, 0.2) is 6.61 Å². The molecule has 0 radical (unpaired) electrons. The van der Waals surface area contributed by atoms with Crippen LogP contribution >= 0.6 is 0 Å². The summed E-state index contributed by atoms with van der Waals surface area (Å²) in [7, 11) is 0. The van der Waals surface area contributed by atoms with Gasteiger partial charge in [-0.1, -0.05) is 26.0 Å². The van der Waals surface area contributed by atoms with Crippen LogP contribution in [0.3, 0.4) is 0 Å². The predicted octanol–water partition coefficient (Wildman–Crippen LogP) is 2.74. The summed E-state index contributed by atoms with van der Waals surface area (Å²) in [4.78, 5) is 0. The van der Waals surface area contributed by atoms with E-state index in [4.69, 9.17) is 14.7 Å². The first-order chi connectivity index (χ1) is 9.72. The van der Waals surface area contributed by atoms with Gasteiger partial charge in [0, 0.05) is 19.7 Å². The summed E-state index contributed by atoms with van der Waals surface area (Å²) in [6.45, 7) is 7.65. The van der Waals surface area contributed by atoms with E-state index < -0.39 is 0 Å². The van der Waals surface area contributed by atoms with E-state index in [2.05, 4.69) is 19.2 Å². The lowest BCUT2D eigenvalue weighted by Gasteiger charge is -2.08. The second-order valence-electron chi connectivity index (χ2n) is 5.07. The smallest absolute Gasteiger partial charge is 0.174 e. The first-order valence-electron chi connectivity index (χ1n) is 7.09. The molecule has 0 atom stereocenters. The summed E-state index contributed by atoms with van der Waals surface area (Å²) in [5.74, 6) is 1.43. The lowest BCUT2D eigenvalue weighted by molar-refractivity contribution is 0.125. The molecular formula is C16H24N2O2. The van der Waals surface area contributed by atoms with Gasteiger partial charge >= 0.3 is 0 Å². The molecule has 0 aliphatic carbocycles. The van der Waals surface area contributed by atoms with E-state index in [-0.39, 0.29) is 6.61 Å². The van der Waals surface area contributed by atoms with Crippen molar-refractivity contribution in [2.75, 3.05) is 26.4 Å². The monoisotopic (exact) mass is 276 g/mol. The normalized spacial score (nSPS) is 10.5. The number of nitrogens with zero attached hydrogens (tertiary/aromatic N) is 1. The van der Waals surface area contributed by atoms with Gasteiger partial charge in [-0.15, -0.1) is 0 Å². The number of nitriles is 1. The molecule has 1 aromatic carbocycles. The van der Waals surface area contributed by atoms with E-state index in [1.54, 1.807) is 0 Å². The van der Waals surface area contributed by atoms with Crippen LogP contribution in [0.25, 0.3) is 0 Å². The van der Waals surface area contributed by atoms with Gasteiger partial charge in [0.2, 0.25) is 0 Å². The zero-order valence-corrected chi connectivity index (χ0v) is 12.4. The van der Waals surface area contributed by atoms with Crippen molar-refractivity contribution in [2.24, 2.45) is 5.92 Å². The van der Waals surface area contributed by atoms with Crippen LogP contribution in [-0.2, 0) is 11.3 Å². The van der Waals surface area contributed by atoms with Gasteiger partial charge in [-0.25, -0.2) is 0 Å². The number of rotatable bonds is 10. The summed E-state index contributed by atoms with van der Waals surface area (Å²) < 4.78 is 10.8. The van der Waals surface area contributed by atoms with Crippen molar-refractivity contribution < 1.29 is 9.47 Å². The molecule has 4 nitrogen and oxygen atoms in total. The highest BCUT2D eigenvalue weighted by Crippen LogP contribution is 2.12. The minimum atomic E-state index is 0.0839. The van der Waals surface area contributed by atoms with Gasteiger partial charge in [0.1, 0.15) is 11.8 Å². The van der Waals surface area contributed by atoms with E-state index in [9.17, 15) is 0 Å². The van der Waals surface area contributed by atoms with Crippen molar-refractivity contribution in [3.63, 3.8) is 0 Å². The SMILES string of the molecule is CC(C)CCOCCNCc1cccc(OCC#N)c1. The lowest BCUT2D eigenvalue weighted by Crippen LogP contribution is -2.19. The molecule has 0 unspecified atom stereocenters. The Labute approximate surface area is 121 Å². The first kappa shape index (κ1) is 16.5. The third kappa shape index (κ3) is 7.78. The van der Waals surface area contributed by atoms with E-state index in [0.29, 0.717) is 5.92 Å². The standard InChI is InChI=1S/C16H24N2O2/c1-14(2)6-9-19-11-8-18-13-15-4-3-5-16(12-15)20-10-7-17/h3-5,12,14,18H,6,8-11,13H2,1-2H3. The molecule has 0 aliphatic rings. The van der Waals surface area contributed by atoms with Crippen LogP contribution in [0.2, 0.25) is 0 Å². The molecule has 0 saturated heterocycles. The maximum absolute atomic E-state index is 8.47. The Balaban J connectivity index is 2.14. The summed E-state index contributed by atoms with van der Waals surface area (Å²) in [5.41, 5.74) is 1.14. The molecule has 110 valence electrons. The fraction of sp³-hybridized carbons (Fsp3) is 0.562. The highest BCUT2D eigenvalue weighted by Gasteiger charge is 1.97. The molecule has 4 heteroatoms. The second kappa shape index (κ2) is 10.2. The molecule has 0 saturated carbocycles. The maximum Gasteiger partial charge on any atom is 0.174 e. The average molecular weight is 276 g/mol. The van der Waals surface area contributed by atoms with E-state index in [1.165, 1.54) is 0 Å². The highest BCUT2D eigenvalue weighted by atomic mass is 16.5. The average Bonchev–Trinajstić information content (AvgIpc) is 2.44. The zero-order valence-electron chi connectivity index (χ0n) is 12.4. The summed E-state index contributed by atoms with van der Waals surface area (Å²) in [6, 6.07) is 9.73. The summed E-state index contributed by atoms with van der Waals surface area (Å²) in [5, 5.41) is 11.8. The number of ether oxygens (including phenoxy) is 2. The number of nitrogens with one attached hydrogen (secondary N) is 1. The largest absolute Gasteiger partial charge is 0.479 e. The Bertz CT molecular complexity index is 413. The maximum atomic E-state index is 8.47. The van der Waals surface area contributed by atoms with Gasteiger partial charge in [0.25, 0.3) is 0 Å². The molecule has 1 rings (SSSR count). The lowest BCUT2D eigenvalue weighted by atomic mass is 10.1. The fourth-order valence-electron chi connectivity index (χ4n) is 1.66. The quantitative estimate of drug-likeness (QED) is 0.668. The zero-order chi connectivity index (χ0) is 14.6. The number of benzene rings is 1. The summed E-state index contributed by atoms with van der Waals surface area (Å²) >= 11 is 0. The van der Waals surface area contributed by atoms with Crippen molar-refractivity contribution in [2.45, 2.75) is 26.8 Å². The fourth-order valence-corrected chi connectivity index (χ4v) is 1.66. The van der Waals surface area contributed by atoms with Crippen molar-refractivity contribution in [1.82, 2.24) is 5.32 Å². The Kier molecular flexibility index (Phi) is 8.44. The Morgan fingerprint density at radius 2 is 2.15 bits per heavy atom. The van der Waals surface area contributed by atoms with Crippen molar-refractivity contribution in [3.05, 3.63) is 29.8 Å². The molecule has 0 heterocycles. The van der Waals surface area contributed by atoms with Gasteiger partial charge < -0.3 is 14.8 Å². The molecule has 0 amide bonds. The third-order valence-electron chi connectivity index (χ3n) is 2.79. The molecule has 1 N–H and O–H groups in total. The van der Waals surface area contributed by atoms with Gasteiger partial charge in [-0.05, 0) is 30.0 Å². The second-order valence-corrected chi connectivity index (χ2v) is 5.07. The molecule has 20 heavy (non-hydrogen) atoms. The number of hydrogen-bond acceptors (Lipinski definition) is 4. The molecule has 0 bridgehead atoms. The van der Waals surface area contributed by atoms with Crippen LogP contribution in [0, 0.1) is 17.2 Å². The molecular weight excluding hydrogens is 252 g/mol. The van der Waals surface area contributed by atoms with Crippen molar-refractivity contribution in [1.29, 1.82) is 5.26 Å². The van der Waals surface area contributed by atoms with Gasteiger partial charge in [0.05, 0.1) is 6.61 Å². The molecule has 0 spiro atoms. The van der Waals surface area contributed by atoms with Gasteiger partial charge in [-0.2, -0.15) is 5.26 Å². The Morgan fingerprint density at radius 3 is 2.90 bits per heavy atom. The Hall–Kier alpha value is -1.57. The molecule has 0 aromatic heterocycles. The van der Waals surface area contributed by atoms with Crippen LogP contribution in [0.1, 0.15) is 25.8 Å². The third-order valence-corrected chi connectivity index (χ3v) is 2.79. The van der Waals surface area contributed by atoms with Crippen LogP contribution < -0.4 is 10.1 Å². The first-order valence-corrected chi connectivity index (χ1v) is 7.09. The molecule has 1 aromatic rings. The molecule has 0 fully saturated rings. The highest BCUT2D eigenvalue weighted by molar-refractivity contribution is 5.28. The number of hydrogen-bond donors (Lipinski definition) is 1. The minimum absolute atomic E-state index is 0.0839. The molecule has 0 aliphatic heterocycles.